The number of amides is 1. The first-order valence-corrected chi connectivity index (χ1v) is 12.3. The number of hydrogen-bond acceptors (Lipinski definition) is 5. The van der Waals surface area contributed by atoms with Gasteiger partial charge in [-0.2, -0.15) is 0 Å². The van der Waals surface area contributed by atoms with E-state index in [1.54, 1.807) is 0 Å². The fourth-order valence-electron chi connectivity index (χ4n) is 5.25. The zero-order chi connectivity index (χ0) is 23.5. The number of carbonyl (C=O) groups excluding carboxylic acids is 1. The molecule has 178 valence electrons. The maximum Gasteiger partial charge on any atom is 0.252 e. The first kappa shape index (κ1) is 23.0. The maximum atomic E-state index is 13.6. The Bertz CT molecular complexity index is 1170. The molecule has 2 atom stereocenters. The Balaban J connectivity index is 1.43. The van der Waals surface area contributed by atoms with Crippen LogP contribution in [-0.4, -0.2) is 67.9 Å². The van der Waals surface area contributed by atoms with Gasteiger partial charge in [-0.3, -0.25) is 9.69 Å². The summed E-state index contributed by atoms with van der Waals surface area (Å²) in [5.41, 5.74) is 5.76. The van der Waals surface area contributed by atoms with E-state index in [9.17, 15) is 4.79 Å². The molecule has 2 saturated heterocycles. The average Bonchev–Trinajstić information content (AvgIpc) is 3.39. The number of rotatable bonds is 6. The smallest absolute Gasteiger partial charge is 0.252 e. The van der Waals surface area contributed by atoms with Crippen molar-refractivity contribution in [3.8, 4) is 11.3 Å². The fourth-order valence-corrected chi connectivity index (χ4v) is 5.25. The minimum Gasteiger partial charge on any atom is -0.381 e. The number of ether oxygens (including phenoxy) is 2. The van der Waals surface area contributed by atoms with Gasteiger partial charge in [0.05, 0.1) is 36.6 Å². The van der Waals surface area contributed by atoms with Gasteiger partial charge in [-0.25, -0.2) is 4.98 Å². The molecule has 1 N–H and O–H groups in total. The molecule has 2 aromatic carbocycles. The van der Waals surface area contributed by atoms with E-state index in [0.29, 0.717) is 18.0 Å². The Morgan fingerprint density at radius 1 is 1.09 bits per heavy atom. The average molecular weight is 460 g/mol. The van der Waals surface area contributed by atoms with Gasteiger partial charge < -0.3 is 14.8 Å². The SMILES string of the molecule is Cc1ccc(-c2cc(C(=O)NC[C@H]([C@H]3CCOC3)N3CCOCC3)c3ccccc3n2)c(C)c1. The summed E-state index contributed by atoms with van der Waals surface area (Å²) in [6.07, 6.45) is 1.03. The highest BCUT2D eigenvalue weighted by molar-refractivity contribution is 6.07. The predicted molar refractivity (Wildman–Crippen MR) is 134 cm³/mol. The molecule has 0 radical (unpaired) electrons. The van der Waals surface area contributed by atoms with Crippen LogP contribution in [0.5, 0.6) is 0 Å². The lowest BCUT2D eigenvalue weighted by atomic mass is 9.96. The van der Waals surface area contributed by atoms with Crippen LogP contribution in [0.3, 0.4) is 0 Å². The van der Waals surface area contributed by atoms with Gasteiger partial charge in [0.1, 0.15) is 0 Å². The Hall–Kier alpha value is -2.80. The highest BCUT2D eigenvalue weighted by Gasteiger charge is 2.32. The quantitative estimate of drug-likeness (QED) is 0.604. The molecule has 2 fully saturated rings. The third-order valence-corrected chi connectivity index (χ3v) is 7.11. The van der Waals surface area contributed by atoms with E-state index in [2.05, 4.69) is 42.3 Å². The molecule has 0 aliphatic carbocycles. The van der Waals surface area contributed by atoms with Crippen molar-refractivity contribution < 1.29 is 14.3 Å². The number of carbonyl (C=O) groups is 1. The summed E-state index contributed by atoms with van der Waals surface area (Å²) in [6, 6.07) is 16.4. The lowest BCUT2D eigenvalue weighted by Crippen LogP contribution is -2.52. The van der Waals surface area contributed by atoms with Crippen molar-refractivity contribution in [1.82, 2.24) is 15.2 Å². The molecular formula is C28H33N3O3. The predicted octanol–water partition coefficient (Wildman–Crippen LogP) is 3.99. The van der Waals surface area contributed by atoms with Crippen LogP contribution in [0.2, 0.25) is 0 Å². The van der Waals surface area contributed by atoms with Crippen molar-refractivity contribution in [3.05, 3.63) is 65.2 Å². The van der Waals surface area contributed by atoms with Crippen LogP contribution in [-0.2, 0) is 9.47 Å². The first-order chi connectivity index (χ1) is 16.6. The number of benzene rings is 2. The van der Waals surface area contributed by atoms with Crippen LogP contribution in [0.1, 0.15) is 27.9 Å². The van der Waals surface area contributed by atoms with E-state index in [1.165, 1.54) is 5.56 Å². The summed E-state index contributed by atoms with van der Waals surface area (Å²) in [5, 5.41) is 4.14. The molecule has 0 bridgehead atoms. The number of aromatic nitrogens is 1. The van der Waals surface area contributed by atoms with E-state index in [0.717, 1.165) is 73.7 Å². The van der Waals surface area contributed by atoms with E-state index >= 15 is 0 Å². The van der Waals surface area contributed by atoms with Crippen LogP contribution in [0.4, 0.5) is 0 Å². The van der Waals surface area contributed by atoms with Crippen LogP contribution < -0.4 is 5.32 Å². The van der Waals surface area contributed by atoms with Crippen molar-refractivity contribution in [3.63, 3.8) is 0 Å². The molecule has 0 spiro atoms. The zero-order valence-corrected chi connectivity index (χ0v) is 20.0. The third kappa shape index (κ3) is 4.85. The Kier molecular flexibility index (Phi) is 6.90. The number of para-hydroxylation sites is 1. The second kappa shape index (κ2) is 10.2. The largest absolute Gasteiger partial charge is 0.381 e. The summed E-state index contributed by atoms with van der Waals surface area (Å²) in [6.45, 7) is 9.61. The number of fused-ring (bicyclic) bond motifs is 1. The van der Waals surface area contributed by atoms with Crippen molar-refractivity contribution in [2.45, 2.75) is 26.3 Å². The molecule has 6 heteroatoms. The summed E-state index contributed by atoms with van der Waals surface area (Å²) in [7, 11) is 0. The van der Waals surface area contributed by atoms with Gasteiger partial charge in [0.25, 0.3) is 5.91 Å². The molecule has 1 amide bonds. The number of nitrogens with zero attached hydrogens (tertiary/aromatic N) is 2. The number of morpholine rings is 1. The lowest BCUT2D eigenvalue weighted by Gasteiger charge is -2.37. The highest BCUT2D eigenvalue weighted by atomic mass is 16.5. The van der Waals surface area contributed by atoms with Gasteiger partial charge in [0.2, 0.25) is 0 Å². The lowest BCUT2D eigenvalue weighted by molar-refractivity contribution is 0.00167. The minimum absolute atomic E-state index is 0.0539. The number of aryl methyl sites for hydroxylation is 2. The molecule has 0 unspecified atom stereocenters. The van der Waals surface area contributed by atoms with Crippen LogP contribution >= 0.6 is 0 Å². The van der Waals surface area contributed by atoms with Gasteiger partial charge >= 0.3 is 0 Å². The number of pyridine rings is 1. The highest BCUT2D eigenvalue weighted by Crippen LogP contribution is 2.28. The van der Waals surface area contributed by atoms with Crippen LogP contribution in [0.15, 0.2) is 48.5 Å². The molecular weight excluding hydrogens is 426 g/mol. The fraction of sp³-hybridized carbons (Fsp3) is 0.429. The van der Waals surface area contributed by atoms with E-state index < -0.39 is 0 Å². The first-order valence-electron chi connectivity index (χ1n) is 12.3. The Morgan fingerprint density at radius 2 is 1.91 bits per heavy atom. The Labute approximate surface area is 201 Å². The summed E-state index contributed by atoms with van der Waals surface area (Å²) < 4.78 is 11.2. The standard InChI is InChI=1S/C28H33N3O3/c1-19-7-8-22(20(2)15-19)26-16-24(23-5-3-4-6-25(23)30-26)28(32)29-17-27(21-9-12-34-18-21)31-10-13-33-14-11-31/h3-8,15-16,21,27H,9-14,17-18H2,1-2H3,(H,29,32)/t21-,27+/m0/s1. The molecule has 34 heavy (non-hydrogen) atoms. The maximum absolute atomic E-state index is 13.6. The topological polar surface area (TPSA) is 63.7 Å². The van der Waals surface area contributed by atoms with E-state index in [1.807, 2.05) is 30.3 Å². The monoisotopic (exact) mass is 459 g/mol. The van der Waals surface area contributed by atoms with Crippen LogP contribution in [0.25, 0.3) is 22.2 Å². The van der Waals surface area contributed by atoms with Crippen molar-refractivity contribution in [2.24, 2.45) is 5.92 Å². The van der Waals surface area contributed by atoms with Gasteiger partial charge in [0.15, 0.2) is 0 Å². The minimum atomic E-state index is -0.0539. The molecule has 1 aromatic heterocycles. The second-order valence-corrected chi connectivity index (χ2v) is 9.44. The molecule has 3 heterocycles. The zero-order valence-electron chi connectivity index (χ0n) is 20.0. The Morgan fingerprint density at radius 3 is 2.68 bits per heavy atom. The van der Waals surface area contributed by atoms with Crippen LogP contribution in [0, 0.1) is 19.8 Å². The normalized spacial score (nSPS) is 19.9. The summed E-state index contributed by atoms with van der Waals surface area (Å²) in [5.74, 6) is 0.375. The van der Waals surface area contributed by atoms with Crippen molar-refractivity contribution in [2.75, 3.05) is 46.1 Å². The van der Waals surface area contributed by atoms with E-state index in [-0.39, 0.29) is 11.9 Å². The van der Waals surface area contributed by atoms with Crippen molar-refractivity contribution >= 4 is 16.8 Å². The summed E-state index contributed by atoms with van der Waals surface area (Å²) >= 11 is 0. The molecule has 2 aliphatic rings. The molecule has 2 aliphatic heterocycles. The molecule has 3 aromatic rings. The van der Waals surface area contributed by atoms with Gasteiger partial charge in [-0.15, -0.1) is 0 Å². The second-order valence-electron chi connectivity index (χ2n) is 9.44. The van der Waals surface area contributed by atoms with Gasteiger partial charge in [0, 0.05) is 49.2 Å². The molecule has 0 saturated carbocycles. The van der Waals surface area contributed by atoms with Crippen molar-refractivity contribution in [1.29, 1.82) is 0 Å². The molecule has 5 rings (SSSR count). The third-order valence-electron chi connectivity index (χ3n) is 7.11. The molecule has 6 nitrogen and oxygen atoms in total. The van der Waals surface area contributed by atoms with Gasteiger partial charge in [-0.05, 0) is 38.0 Å². The number of hydrogen-bond donors (Lipinski definition) is 1. The number of nitrogens with one attached hydrogen (secondary N) is 1. The van der Waals surface area contributed by atoms with Gasteiger partial charge in [-0.1, -0.05) is 42.0 Å². The van der Waals surface area contributed by atoms with E-state index in [4.69, 9.17) is 14.5 Å². The summed E-state index contributed by atoms with van der Waals surface area (Å²) in [4.78, 5) is 20.9.